The van der Waals surface area contributed by atoms with E-state index in [-0.39, 0.29) is 6.61 Å². The largest absolute Gasteiger partial charge is 0.495 e. The molecule has 1 N–H and O–H groups in total. The quantitative estimate of drug-likeness (QED) is 0.592. The maximum atomic E-state index is 8.91. The fourth-order valence-corrected chi connectivity index (χ4v) is 1.77. The van der Waals surface area contributed by atoms with E-state index in [2.05, 4.69) is 24.8 Å². The van der Waals surface area contributed by atoms with Crippen LogP contribution in [-0.4, -0.2) is 18.3 Å². The smallest absolute Gasteiger partial charge is 0.111 e. The van der Waals surface area contributed by atoms with E-state index in [4.69, 9.17) is 9.84 Å². The lowest BCUT2D eigenvalue weighted by Gasteiger charge is -2.13. The predicted molar refractivity (Wildman–Crippen MR) is 80.6 cm³/mol. The maximum absolute atomic E-state index is 8.91. The van der Waals surface area contributed by atoms with Gasteiger partial charge in [0, 0.05) is 12.0 Å². The highest BCUT2D eigenvalue weighted by atomic mass is 16.5. The number of aliphatic hydroxyl groups is 1. The second kappa shape index (κ2) is 8.33. The van der Waals surface area contributed by atoms with Gasteiger partial charge in [-0.25, -0.2) is 0 Å². The summed E-state index contributed by atoms with van der Waals surface area (Å²) in [4.78, 5) is 0. The predicted octanol–water partition coefficient (Wildman–Crippen LogP) is 3.95. The molecular weight excluding hydrogens is 236 g/mol. The molecule has 0 saturated carbocycles. The summed E-state index contributed by atoms with van der Waals surface area (Å²) in [6.45, 7) is 8.18. The second-order valence-electron chi connectivity index (χ2n) is 4.22. The van der Waals surface area contributed by atoms with Crippen molar-refractivity contribution in [3.63, 3.8) is 0 Å². The first kappa shape index (κ1) is 15.3. The fraction of sp³-hybridized carbons (Fsp3) is 0.294. The van der Waals surface area contributed by atoms with E-state index < -0.39 is 0 Å². The number of benzene rings is 1. The zero-order chi connectivity index (χ0) is 14.1. The van der Waals surface area contributed by atoms with Gasteiger partial charge in [-0.2, -0.15) is 0 Å². The van der Waals surface area contributed by atoms with Crippen molar-refractivity contribution < 1.29 is 9.84 Å². The molecule has 1 rings (SSSR count). The molecule has 0 radical (unpaired) electrons. The Morgan fingerprint density at radius 2 is 2.00 bits per heavy atom. The number of hydrogen-bond acceptors (Lipinski definition) is 2. The van der Waals surface area contributed by atoms with Gasteiger partial charge in [-0.05, 0) is 18.6 Å². The Labute approximate surface area is 115 Å². The van der Waals surface area contributed by atoms with Gasteiger partial charge in [-0.1, -0.05) is 55.5 Å². The first-order valence-electron chi connectivity index (χ1n) is 6.55. The first-order chi connectivity index (χ1) is 9.22. The van der Waals surface area contributed by atoms with E-state index >= 15 is 0 Å². The normalized spacial score (nSPS) is 12.9. The summed E-state index contributed by atoms with van der Waals surface area (Å²) < 4.78 is 5.65. The van der Waals surface area contributed by atoms with E-state index in [1.54, 1.807) is 0 Å². The second-order valence-corrected chi connectivity index (χ2v) is 4.22. The summed E-state index contributed by atoms with van der Waals surface area (Å²) in [5, 5.41) is 8.91. The number of ether oxygens (including phenoxy) is 1. The van der Waals surface area contributed by atoms with Crippen molar-refractivity contribution in [2.45, 2.75) is 20.3 Å². The van der Waals surface area contributed by atoms with Crippen molar-refractivity contribution in [2.75, 3.05) is 13.2 Å². The van der Waals surface area contributed by atoms with Crippen molar-refractivity contribution in [1.29, 1.82) is 0 Å². The van der Waals surface area contributed by atoms with Crippen molar-refractivity contribution in [2.24, 2.45) is 0 Å². The van der Waals surface area contributed by atoms with Gasteiger partial charge in [0.2, 0.25) is 0 Å². The number of hydrogen-bond donors (Lipinski definition) is 1. The summed E-state index contributed by atoms with van der Waals surface area (Å²) in [6.07, 6.45) is 4.67. The van der Waals surface area contributed by atoms with Gasteiger partial charge in [0.25, 0.3) is 0 Å². The molecule has 2 heteroatoms. The molecule has 0 aliphatic heterocycles. The zero-order valence-electron chi connectivity index (χ0n) is 11.7. The van der Waals surface area contributed by atoms with Gasteiger partial charge in [-0.15, -0.1) is 0 Å². The van der Waals surface area contributed by atoms with Gasteiger partial charge in [0.05, 0.1) is 6.61 Å². The molecule has 0 bridgehead atoms. The molecule has 0 heterocycles. The van der Waals surface area contributed by atoms with Crippen molar-refractivity contribution in [3.05, 3.63) is 66.0 Å². The molecule has 0 aliphatic carbocycles. The summed E-state index contributed by atoms with van der Waals surface area (Å²) in [6, 6.07) is 10.1. The lowest BCUT2D eigenvalue weighted by molar-refractivity contribution is 0.142. The van der Waals surface area contributed by atoms with Crippen LogP contribution in [0.4, 0.5) is 0 Å². The Balaban J connectivity index is 3.24. The molecule has 102 valence electrons. The van der Waals surface area contributed by atoms with Crippen LogP contribution in [0.1, 0.15) is 25.8 Å². The topological polar surface area (TPSA) is 29.5 Å². The molecule has 0 saturated heterocycles. The van der Waals surface area contributed by atoms with Gasteiger partial charge < -0.3 is 9.84 Å². The van der Waals surface area contributed by atoms with Gasteiger partial charge in [0.1, 0.15) is 12.4 Å². The zero-order valence-corrected chi connectivity index (χ0v) is 11.7. The van der Waals surface area contributed by atoms with E-state index in [0.29, 0.717) is 6.61 Å². The van der Waals surface area contributed by atoms with Gasteiger partial charge >= 0.3 is 0 Å². The van der Waals surface area contributed by atoms with E-state index in [9.17, 15) is 0 Å². The SMILES string of the molecule is C=C/C(C)=C\C(=C(/CC)OCCO)c1ccccc1. The summed E-state index contributed by atoms with van der Waals surface area (Å²) in [5.41, 5.74) is 3.24. The van der Waals surface area contributed by atoms with Gasteiger partial charge in [0.15, 0.2) is 0 Å². The maximum Gasteiger partial charge on any atom is 0.111 e. The standard InChI is InChI=1S/C17H22O2/c1-4-14(3)13-16(15-9-7-6-8-10-15)17(5-2)19-12-11-18/h4,6-10,13,18H,1,5,11-12H2,2-3H3/b14-13-,17-16-. The Morgan fingerprint density at radius 3 is 2.53 bits per heavy atom. The van der Waals surface area contributed by atoms with Crippen LogP contribution in [0.3, 0.4) is 0 Å². The van der Waals surface area contributed by atoms with Crippen LogP contribution in [0.5, 0.6) is 0 Å². The average Bonchev–Trinajstić information content (AvgIpc) is 2.47. The molecular formula is C17H22O2. The molecule has 2 nitrogen and oxygen atoms in total. The van der Waals surface area contributed by atoms with Crippen LogP contribution in [0.15, 0.2) is 60.4 Å². The Morgan fingerprint density at radius 1 is 1.32 bits per heavy atom. The van der Waals surface area contributed by atoms with Crippen LogP contribution < -0.4 is 0 Å². The minimum Gasteiger partial charge on any atom is -0.495 e. The highest BCUT2D eigenvalue weighted by Crippen LogP contribution is 2.24. The van der Waals surface area contributed by atoms with Crippen molar-refractivity contribution in [3.8, 4) is 0 Å². The number of aliphatic hydroxyl groups excluding tert-OH is 1. The highest BCUT2D eigenvalue weighted by Gasteiger charge is 2.07. The molecule has 0 amide bonds. The molecule has 0 unspecified atom stereocenters. The molecule has 0 aromatic heterocycles. The molecule has 19 heavy (non-hydrogen) atoms. The average molecular weight is 258 g/mol. The first-order valence-corrected chi connectivity index (χ1v) is 6.55. The Hall–Kier alpha value is -1.80. The summed E-state index contributed by atoms with van der Waals surface area (Å²) in [5.74, 6) is 0.890. The highest BCUT2D eigenvalue weighted by molar-refractivity contribution is 5.76. The van der Waals surface area contributed by atoms with Gasteiger partial charge in [-0.3, -0.25) is 0 Å². The molecule has 0 aliphatic rings. The summed E-state index contributed by atoms with van der Waals surface area (Å²) in [7, 11) is 0. The van der Waals surface area contributed by atoms with E-state index in [1.807, 2.05) is 38.1 Å². The number of rotatable bonds is 7. The van der Waals surface area contributed by atoms with E-state index in [0.717, 1.165) is 28.9 Å². The Kier molecular flexibility index (Phi) is 6.69. The minimum absolute atomic E-state index is 0.0235. The van der Waals surface area contributed by atoms with Crippen LogP contribution in [0.25, 0.3) is 5.57 Å². The van der Waals surface area contributed by atoms with Crippen molar-refractivity contribution >= 4 is 5.57 Å². The molecule has 0 atom stereocenters. The fourth-order valence-electron chi connectivity index (χ4n) is 1.77. The van der Waals surface area contributed by atoms with Crippen LogP contribution in [-0.2, 0) is 4.74 Å². The third kappa shape index (κ3) is 4.76. The Bertz CT molecular complexity index is 455. The lowest BCUT2D eigenvalue weighted by atomic mass is 10.0. The lowest BCUT2D eigenvalue weighted by Crippen LogP contribution is -2.01. The van der Waals surface area contributed by atoms with Crippen LogP contribution >= 0.6 is 0 Å². The van der Waals surface area contributed by atoms with Crippen molar-refractivity contribution in [1.82, 2.24) is 0 Å². The minimum atomic E-state index is 0.0235. The monoisotopic (exact) mass is 258 g/mol. The van der Waals surface area contributed by atoms with Crippen LogP contribution in [0, 0.1) is 0 Å². The number of allylic oxidation sites excluding steroid dienone is 5. The molecule has 1 aromatic carbocycles. The van der Waals surface area contributed by atoms with E-state index in [1.165, 1.54) is 0 Å². The summed E-state index contributed by atoms with van der Waals surface area (Å²) >= 11 is 0. The van der Waals surface area contributed by atoms with Crippen LogP contribution in [0.2, 0.25) is 0 Å². The third-order valence-corrected chi connectivity index (χ3v) is 2.77. The third-order valence-electron chi connectivity index (χ3n) is 2.77. The molecule has 1 aromatic rings. The molecule has 0 fully saturated rings. The molecule has 0 spiro atoms.